The van der Waals surface area contributed by atoms with Gasteiger partial charge in [0.1, 0.15) is 23.0 Å². The SMILES string of the molecule is Cc1cc(OC(=O)c2ccc(OCCCCC3CO3)cc2)ccc1OC(=O)c1ccc(OCCCCC2CO2)cc1. The predicted octanol–water partition coefficient (Wildman–Crippen LogP) is 6.33. The van der Waals surface area contributed by atoms with E-state index in [0.29, 0.717) is 65.1 Å². The highest BCUT2D eigenvalue weighted by Crippen LogP contribution is 2.26. The molecular weight excluding hydrogens is 524 g/mol. The molecule has 0 bridgehead atoms. The first-order valence-electron chi connectivity index (χ1n) is 14.3. The molecule has 8 heteroatoms. The van der Waals surface area contributed by atoms with Gasteiger partial charge in [-0.05, 0) is 118 Å². The fraction of sp³-hybridized carbons (Fsp3) is 0.394. The molecule has 216 valence electrons. The minimum Gasteiger partial charge on any atom is -0.494 e. The summed E-state index contributed by atoms with van der Waals surface area (Å²) in [6.07, 6.45) is 7.15. The van der Waals surface area contributed by atoms with Crippen LogP contribution in [0.15, 0.2) is 66.7 Å². The van der Waals surface area contributed by atoms with Crippen LogP contribution in [0.3, 0.4) is 0 Å². The molecule has 0 saturated carbocycles. The summed E-state index contributed by atoms with van der Waals surface area (Å²) in [5, 5.41) is 0. The highest BCUT2D eigenvalue weighted by atomic mass is 16.6. The second kappa shape index (κ2) is 14.1. The topological polar surface area (TPSA) is 96.1 Å². The normalized spacial score (nSPS) is 17.0. The van der Waals surface area contributed by atoms with Crippen molar-refractivity contribution in [2.24, 2.45) is 0 Å². The zero-order valence-corrected chi connectivity index (χ0v) is 23.3. The standard InChI is InChI=1S/C33H36O8/c1-23-20-28(40-32(34)24-8-12-26(13-9-24)36-18-4-2-6-29-21-38-29)16-17-31(23)41-33(35)25-10-14-27(15-11-25)37-19-5-3-7-30-22-39-30/h8-17,20,29-30H,2-7,18-19,21-22H2,1H3. The molecule has 0 aliphatic carbocycles. The van der Waals surface area contributed by atoms with Gasteiger partial charge in [0, 0.05) is 0 Å². The lowest BCUT2D eigenvalue weighted by atomic mass is 10.2. The lowest BCUT2D eigenvalue weighted by molar-refractivity contribution is 0.0718. The van der Waals surface area contributed by atoms with Crippen LogP contribution in [0.1, 0.15) is 64.8 Å². The van der Waals surface area contributed by atoms with Crippen LogP contribution in [0.2, 0.25) is 0 Å². The van der Waals surface area contributed by atoms with E-state index in [1.807, 2.05) is 0 Å². The van der Waals surface area contributed by atoms with Crippen molar-refractivity contribution in [3.8, 4) is 23.0 Å². The predicted molar refractivity (Wildman–Crippen MR) is 152 cm³/mol. The fourth-order valence-corrected chi connectivity index (χ4v) is 4.30. The zero-order valence-electron chi connectivity index (χ0n) is 23.3. The van der Waals surface area contributed by atoms with Crippen LogP contribution in [0, 0.1) is 6.92 Å². The monoisotopic (exact) mass is 560 g/mol. The van der Waals surface area contributed by atoms with Crippen LogP contribution >= 0.6 is 0 Å². The Morgan fingerprint density at radius 1 is 0.659 bits per heavy atom. The molecule has 3 aromatic carbocycles. The molecule has 2 saturated heterocycles. The smallest absolute Gasteiger partial charge is 0.343 e. The Kier molecular flexibility index (Phi) is 9.88. The summed E-state index contributed by atoms with van der Waals surface area (Å²) >= 11 is 0. The number of benzene rings is 3. The average Bonchev–Trinajstić information content (AvgIpc) is 3.91. The van der Waals surface area contributed by atoms with Crippen molar-refractivity contribution in [2.45, 2.75) is 57.7 Å². The van der Waals surface area contributed by atoms with Gasteiger partial charge in [-0.15, -0.1) is 0 Å². The Morgan fingerprint density at radius 2 is 1.12 bits per heavy atom. The molecule has 2 aliphatic rings. The third-order valence-electron chi connectivity index (χ3n) is 6.92. The van der Waals surface area contributed by atoms with E-state index < -0.39 is 11.9 Å². The van der Waals surface area contributed by atoms with E-state index in [4.69, 9.17) is 28.4 Å². The third-order valence-corrected chi connectivity index (χ3v) is 6.92. The molecular formula is C33H36O8. The number of esters is 2. The quantitative estimate of drug-likeness (QED) is 0.0868. The molecule has 0 radical (unpaired) electrons. The Labute approximate surface area is 240 Å². The highest BCUT2D eigenvalue weighted by molar-refractivity contribution is 5.92. The molecule has 2 atom stereocenters. The number of hydrogen-bond donors (Lipinski definition) is 0. The largest absolute Gasteiger partial charge is 0.494 e. The van der Waals surface area contributed by atoms with Crippen molar-refractivity contribution in [3.05, 3.63) is 83.4 Å². The van der Waals surface area contributed by atoms with Gasteiger partial charge in [-0.25, -0.2) is 9.59 Å². The van der Waals surface area contributed by atoms with Gasteiger partial charge in [0.15, 0.2) is 0 Å². The molecule has 5 rings (SSSR count). The first-order chi connectivity index (χ1) is 20.0. The lowest BCUT2D eigenvalue weighted by Crippen LogP contribution is -2.10. The summed E-state index contributed by atoms with van der Waals surface area (Å²) in [6, 6.07) is 18.7. The summed E-state index contributed by atoms with van der Waals surface area (Å²) in [7, 11) is 0. The number of carbonyl (C=O) groups is 2. The van der Waals surface area contributed by atoms with E-state index in [0.717, 1.165) is 51.7 Å². The van der Waals surface area contributed by atoms with E-state index in [1.54, 1.807) is 73.7 Å². The summed E-state index contributed by atoms with van der Waals surface area (Å²) < 4.78 is 33.0. The van der Waals surface area contributed by atoms with Crippen LogP contribution < -0.4 is 18.9 Å². The highest BCUT2D eigenvalue weighted by Gasteiger charge is 2.21. The van der Waals surface area contributed by atoms with Crippen molar-refractivity contribution in [2.75, 3.05) is 26.4 Å². The van der Waals surface area contributed by atoms with Gasteiger partial charge >= 0.3 is 11.9 Å². The molecule has 0 N–H and O–H groups in total. The Bertz CT molecular complexity index is 1290. The van der Waals surface area contributed by atoms with Crippen LogP contribution in [0.4, 0.5) is 0 Å². The molecule has 2 fully saturated rings. The molecule has 2 heterocycles. The number of aryl methyl sites for hydroxylation is 1. The molecule has 41 heavy (non-hydrogen) atoms. The third kappa shape index (κ3) is 9.33. The van der Waals surface area contributed by atoms with Crippen LogP contribution in [-0.2, 0) is 9.47 Å². The number of carbonyl (C=O) groups excluding carboxylic acids is 2. The molecule has 0 spiro atoms. The van der Waals surface area contributed by atoms with Gasteiger partial charge < -0.3 is 28.4 Å². The van der Waals surface area contributed by atoms with Gasteiger partial charge in [-0.3, -0.25) is 0 Å². The molecule has 0 aromatic heterocycles. The summed E-state index contributed by atoms with van der Waals surface area (Å²) in [6.45, 7) is 4.82. The average molecular weight is 561 g/mol. The van der Waals surface area contributed by atoms with E-state index in [-0.39, 0.29) is 0 Å². The maximum absolute atomic E-state index is 12.7. The molecule has 3 aromatic rings. The van der Waals surface area contributed by atoms with Crippen LogP contribution in [0.5, 0.6) is 23.0 Å². The van der Waals surface area contributed by atoms with Crippen molar-refractivity contribution >= 4 is 11.9 Å². The Balaban J connectivity index is 1.05. The first kappa shape index (κ1) is 28.6. The number of unbranched alkanes of at least 4 members (excludes halogenated alkanes) is 2. The van der Waals surface area contributed by atoms with Crippen molar-refractivity contribution < 1.29 is 38.0 Å². The van der Waals surface area contributed by atoms with Gasteiger partial charge in [-0.1, -0.05) is 0 Å². The maximum Gasteiger partial charge on any atom is 0.343 e. The van der Waals surface area contributed by atoms with E-state index in [2.05, 4.69) is 0 Å². The zero-order chi connectivity index (χ0) is 28.4. The number of hydrogen-bond acceptors (Lipinski definition) is 8. The van der Waals surface area contributed by atoms with Crippen LogP contribution in [-0.4, -0.2) is 50.6 Å². The number of rotatable bonds is 16. The number of epoxide rings is 2. The van der Waals surface area contributed by atoms with E-state index in [9.17, 15) is 9.59 Å². The maximum atomic E-state index is 12.7. The van der Waals surface area contributed by atoms with Gasteiger partial charge in [-0.2, -0.15) is 0 Å². The summed E-state index contributed by atoms with van der Waals surface area (Å²) in [4.78, 5) is 25.3. The summed E-state index contributed by atoms with van der Waals surface area (Å²) in [5.41, 5.74) is 1.49. The fourth-order valence-electron chi connectivity index (χ4n) is 4.30. The first-order valence-corrected chi connectivity index (χ1v) is 14.3. The van der Waals surface area contributed by atoms with Crippen molar-refractivity contribution in [3.63, 3.8) is 0 Å². The van der Waals surface area contributed by atoms with E-state index in [1.165, 1.54) is 0 Å². The second-order valence-corrected chi connectivity index (χ2v) is 10.4. The van der Waals surface area contributed by atoms with Crippen LogP contribution in [0.25, 0.3) is 0 Å². The minimum atomic E-state index is -0.482. The van der Waals surface area contributed by atoms with E-state index >= 15 is 0 Å². The lowest BCUT2D eigenvalue weighted by Gasteiger charge is -2.11. The van der Waals surface area contributed by atoms with Gasteiger partial charge in [0.2, 0.25) is 0 Å². The molecule has 8 nitrogen and oxygen atoms in total. The molecule has 0 amide bonds. The van der Waals surface area contributed by atoms with Gasteiger partial charge in [0.25, 0.3) is 0 Å². The molecule has 2 unspecified atom stereocenters. The van der Waals surface area contributed by atoms with Crippen molar-refractivity contribution in [1.82, 2.24) is 0 Å². The second-order valence-electron chi connectivity index (χ2n) is 10.4. The minimum absolute atomic E-state index is 0.360. The van der Waals surface area contributed by atoms with Crippen molar-refractivity contribution in [1.29, 1.82) is 0 Å². The molecule has 2 aliphatic heterocycles. The Morgan fingerprint density at radius 3 is 1.59 bits per heavy atom. The number of ether oxygens (including phenoxy) is 6. The summed E-state index contributed by atoms with van der Waals surface area (Å²) in [5.74, 6) is 1.21. The Hall–Kier alpha value is -3.88. The van der Waals surface area contributed by atoms with Gasteiger partial charge in [0.05, 0.1) is 49.8 Å².